The van der Waals surface area contributed by atoms with Crippen molar-refractivity contribution in [2.45, 2.75) is 25.4 Å². The number of halogens is 1. The smallest absolute Gasteiger partial charge is 0.165 e. The highest BCUT2D eigenvalue weighted by Gasteiger charge is 2.21. The van der Waals surface area contributed by atoms with E-state index in [1.165, 1.54) is 6.07 Å². The van der Waals surface area contributed by atoms with Crippen molar-refractivity contribution in [1.82, 2.24) is 5.32 Å². The minimum atomic E-state index is -3.10. The van der Waals surface area contributed by atoms with Crippen molar-refractivity contribution in [3.05, 3.63) is 29.6 Å². The Morgan fingerprint density at radius 3 is 2.79 bits per heavy atom. The molecule has 4 nitrogen and oxygen atoms in total. The summed E-state index contributed by atoms with van der Waals surface area (Å²) in [7, 11) is -3.10. The summed E-state index contributed by atoms with van der Waals surface area (Å²) in [6.45, 7) is 0.507. The van der Waals surface area contributed by atoms with Crippen LogP contribution in [0.5, 0.6) is 5.75 Å². The quantitative estimate of drug-likeness (QED) is 0.826. The van der Waals surface area contributed by atoms with E-state index in [4.69, 9.17) is 4.74 Å². The van der Waals surface area contributed by atoms with Gasteiger partial charge in [0.1, 0.15) is 6.61 Å². The first-order valence-electron chi connectivity index (χ1n) is 6.27. The first-order chi connectivity index (χ1) is 8.96. The molecule has 1 saturated carbocycles. The van der Waals surface area contributed by atoms with Crippen LogP contribution in [0.2, 0.25) is 0 Å². The molecule has 0 spiro atoms. The molecule has 6 heteroatoms. The lowest BCUT2D eigenvalue weighted by Gasteiger charge is -2.12. The van der Waals surface area contributed by atoms with Gasteiger partial charge in [-0.05, 0) is 18.9 Å². The zero-order chi connectivity index (χ0) is 13.9. The van der Waals surface area contributed by atoms with Crippen molar-refractivity contribution < 1.29 is 17.5 Å². The predicted molar refractivity (Wildman–Crippen MR) is 71.5 cm³/mol. The van der Waals surface area contributed by atoms with E-state index >= 15 is 0 Å². The zero-order valence-electron chi connectivity index (χ0n) is 10.9. The van der Waals surface area contributed by atoms with Gasteiger partial charge in [0.25, 0.3) is 0 Å². The lowest BCUT2D eigenvalue weighted by Crippen LogP contribution is -2.18. The third-order valence-electron chi connectivity index (χ3n) is 2.91. The Balaban J connectivity index is 1.99. The van der Waals surface area contributed by atoms with Crippen LogP contribution in [-0.2, 0) is 16.4 Å². The number of ether oxygens (including phenoxy) is 1. The van der Waals surface area contributed by atoms with Gasteiger partial charge in [0.2, 0.25) is 0 Å². The van der Waals surface area contributed by atoms with E-state index in [2.05, 4.69) is 5.32 Å². The molecule has 19 heavy (non-hydrogen) atoms. The normalized spacial score (nSPS) is 15.5. The molecule has 0 amide bonds. The van der Waals surface area contributed by atoms with Gasteiger partial charge in [-0.15, -0.1) is 0 Å². The Morgan fingerprint density at radius 2 is 2.16 bits per heavy atom. The highest BCUT2D eigenvalue weighted by atomic mass is 32.2. The van der Waals surface area contributed by atoms with Crippen molar-refractivity contribution in [1.29, 1.82) is 0 Å². The maximum atomic E-state index is 13.7. The SMILES string of the molecule is CS(=O)(=O)CCOc1c(F)cccc1CNC1CC1. The van der Waals surface area contributed by atoms with Gasteiger partial charge in [-0.2, -0.15) is 0 Å². The van der Waals surface area contributed by atoms with E-state index < -0.39 is 15.7 Å². The third kappa shape index (κ3) is 4.80. The molecule has 1 N–H and O–H groups in total. The van der Waals surface area contributed by atoms with Crippen LogP contribution in [0.1, 0.15) is 18.4 Å². The highest BCUT2D eigenvalue weighted by molar-refractivity contribution is 7.90. The summed E-state index contributed by atoms with van der Waals surface area (Å²) in [4.78, 5) is 0. The molecule has 106 valence electrons. The van der Waals surface area contributed by atoms with E-state index in [1.54, 1.807) is 12.1 Å². The van der Waals surface area contributed by atoms with E-state index in [0.717, 1.165) is 24.7 Å². The molecular formula is C13H18FNO3S. The molecule has 0 aromatic heterocycles. The van der Waals surface area contributed by atoms with Crippen molar-refractivity contribution in [2.75, 3.05) is 18.6 Å². The maximum Gasteiger partial charge on any atom is 0.165 e. The standard InChI is InChI=1S/C13H18FNO3S/c1-19(16,17)8-7-18-13-10(3-2-4-12(13)14)9-15-11-5-6-11/h2-4,11,15H,5-9H2,1H3. The minimum Gasteiger partial charge on any atom is -0.489 e. The van der Waals surface area contributed by atoms with Gasteiger partial charge >= 0.3 is 0 Å². The lowest BCUT2D eigenvalue weighted by atomic mass is 10.2. The number of para-hydroxylation sites is 1. The molecule has 1 fully saturated rings. The number of sulfone groups is 1. The Labute approximate surface area is 112 Å². The summed E-state index contributed by atoms with van der Waals surface area (Å²) in [6.07, 6.45) is 3.44. The fourth-order valence-electron chi connectivity index (χ4n) is 1.69. The van der Waals surface area contributed by atoms with Gasteiger partial charge in [0, 0.05) is 24.4 Å². The number of benzene rings is 1. The molecule has 0 atom stereocenters. The van der Waals surface area contributed by atoms with Gasteiger partial charge in [0.15, 0.2) is 21.4 Å². The fourth-order valence-corrected chi connectivity index (χ4v) is 2.08. The molecule has 0 heterocycles. The van der Waals surface area contributed by atoms with Crippen LogP contribution in [0, 0.1) is 5.82 Å². The summed E-state index contributed by atoms with van der Waals surface area (Å²) in [5, 5.41) is 3.28. The number of hydrogen-bond donors (Lipinski definition) is 1. The van der Waals surface area contributed by atoms with Crippen LogP contribution in [0.3, 0.4) is 0 Å². The van der Waals surface area contributed by atoms with E-state index in [1.807, 2.05) is 0 Å². The van der Waals surface area contributed by atoms with Crippen LogP contribution < -0.4 is 10.1 Å². The Kier molecular flexibility index (Phi) is 4.42. The third-order valence-corrected chi connectivity index (χ3v) is 3.82. The first kappa shape index (κ1) is 14.3. The van der Waals surface area contributed by atoms with Gasteiger partial charge < -0.3 is 10.1 Å². The molecule has 0 saturated heterocycles. The van der Waals surface area contributed by atoms with Crippen molar-refractivity contribution >= 4 is 9.84 Å². The molecule has 1 aliphatic carbocycles. The Morgan fingerprint density at radius 1 is 1.42 bits per heavy atom. The van der Waals surface area contributed by atoms with E-state index in [9.17, 15) is 12.8 Å². The average Bonchev–Trinajstić information content (AvgIpc) is 3.11. The minimum absolute atomic E-state index is 0.0316. The van der Waals surface area contributed by atoms with Gasteiger partial charge in [-0.1, -0.05) is 12.1 Å². The zero-order valence-corrected chi connectivity index (χ0v) is 11.7. The topological polar surface area (TPSA) is 55.4 Å². The van der Waals surface area contributed by atoms with Gasteiger partial charge in [0.05, 0.1) is 5.75 Å². The van der Waals surface area contributed by atoms with Crippen LogP contribution in [-0.4, -0.2) is 33.1 Å². The Bertz CT molecular complexity index is 541. The second-order valence-electron chi connectivity index (χ2n) is 4.86. The predicted octanol–water partition coefficient (Wildman–Crippen LogP) is 1.50. The number of hydrogen-bond acceptors (Lipinski definition) is 4. The van der Waals surface area contributed by atoms with Gasteiger partial charge in [-0.25, -0.2) is 12.8 Å². The van der Waals surface area contributed by atoms with E-state index in [0.29, 0.717) is 12.6 Å². The highest BCUT2D eigenvalue weighted by Crippen LogP contribution is 2.25. The van der Waals surface area contributed by atoms with Crippen molar-refractivity contribution in [3.63, 3.8) is 0 Å². The monoisotopic (exact) mass is 287 g/mol. The second-order valence-corrected chi connectivity index (χ2v) is 7.12. The number of nitrogens with one attached hydrogen (secondary N) is 1. The molecule has 0 unspecified atom stereocenters. The van der Waals surface area contributed by atoms with Gasteiger partial charge in [-0.3, -0.25) is 0 Å². The van der Waals surface area contributed by atoms with Crippen LogP contribution in [0.4, 0.5) is 4.39 Å². The molecule has 0 radical (unpaired) electrons. The van der Waals surface area contributed by atoms with Crippen molar-refractivity contribution in [2.24, 2.45) is 0 Å². The number of rotatable bonds is 7. The average molecular weight is 287 g/mol. The summed E-state index contributed by atoms with van der Waals surface area (Å²) >= 11 is 0. The van der Waals surface area contributed by atoms with Crippen LogP contribution in [0.15, 0.2) is 18.2 Å². The fraction of sp³-hybridized carbons (Fsp3) is 0.538. The van der Waals surface area contributed by atoms with Crippen LogP contribution in [0.25, 0.3) is 0 Å². The van der Waals surface area contributed by atoms with Crippen LogP contribution >= 0.6 is 0 Å². The second kappa shape index (κ2) is 5.88. The summed E-state index contributed by atoms with van der Waals surface area (Å²) in [5.74, 6) is -0.417. The summed E-state index contributed by atoms with van der Waals surface area (Å²) in [6, 6.07) is 5.25. The molecule has 2 rings (SSSR count). The molecule has 1 aromatic rings. The molecule has 0 bridgehead atoms. The lowest BCUT2D eigenvalue weighted by molar-refractivity contribution is 0.317. The summed E-state index contributed by atoms with van der Waals surface area (Å²) < 4.78 is 41.1. The van der Waals surface area contributed by atoms with E-state index in [-0.39, 0.29) is 18.1 Å². The van der Waals surface area contributed by atoms with Crippen molar-refractivity contribution in [3.8, 4) is 5.75 Å². The largest absolute Gasteiger partial charge is 0.489 e. The molecule has 1 aliphatic rings. The maximum absolute atomic E-state index is 13.7. The molecule has 0 aliphatic heterocycles. The molecule has 1 aromatic carbocycles. The Hall–Kier alpha value is -1.14. The summed E-state index contributed by atoms with van der Waals surface area (Å²) in [5.41, 5.74) is 0.723. The molecular weight excluding hydrogens is 269 g/mol. The first-order valence-corrected chi connectivity index (χ1v) is 8.33.